The molecule has 5 N–H and O–H groups in total. The number of rotatable bonds is 11. The highest BCUT2D eigenvalue weighted by molar-refractivity contribution is 6.06. The lowest BCUT2D eigenvalue weighted by Gasteiger charge is -2.47. The molecule has 2 amide bonds. The number of allylic oxidation sites excluding steroid dienone is 2. The van der Waals surface area contributed by atoms with Crippen LogP contribution in [-0.2, 0) is 25.5 Å². The zero-order valence-electron chi connectivity index (χ0n) is 27.5. The lowest BCUT2D eigenvalue weighted by molar-refractivity contribution is -0.305. The van der Waals surface area contributed by atoms with Gasteiger partial charge in [-0.05, 0) is 76.9 Å². The number of benzene rings is 2. The number of aliphatic hydroxyl groups excluding tert-OH is 1. The first kappa shape index (κ1) is 36.0. The van der Waals surface area contributed by atoms with Gasteiger partial charge in [0, 0.05) is 18.2 Å². The van der Waals surface area contributed by atoms with Crippen LogP contribution in [0, 0.1) is 6.92 Å². The summed E-state index contributed by atoms with van der Waals surface area (Å²) in [5.41, 5.74) is 1.35. The van der Waals surface area contributed by atoms with Gasteiger partial charge in [-0.25, -0.2) is 9.59 Å². The average molecular weight is 669 g/mol. The molecule has 48 heavy (non-hydrogen) atoms. The fourth-order valence-electron chi connectivity index (χ4n) is 5.24. The standard InChI is InChI=1S/C34H40N2O12/c1-8-15-44-36-33(42)47-28-26(39)32(48-34(5,6)29(28)43-7)45-23-14-12-21-25(38)24(31(41)46-27(21)18(23)4)35-30(40)20-11-13-22(37)19(16-20)10-9-17(2)3/h8-9,11-14,16,26,28-29,32,37-39H,1,10,15H2,2-7H3,(H,35,40)(H,36,42)/t26-,28+,29-,32-/m1/s1. The Labute approximate surface area is 276 Å². The molecule has 0 radical (unpaired) electrons. The second kappa shape index (κ2) is 14.9. The molecule has 1 fully saturated rings. The Hall–Kier alpha value is -4.89. The number of fused-ring (bicyclic) bond motifs is 1. The highest BCUT2D eigenvalue weighted by Crippen LogP contribution is 2.38. The minimum atomic E-state index is -1.55. The maximum absolute atomic E-state index is 13.1. The highest BCUT2D eigenvalue weighted by atomic mass is 16.7. The van der Waals surface area contributed by atoms with Gasteiger partial charge in [0.1, 0.15) is 23.2 Å². The summed E-state index contributed by atoms with van der Waals surface area (Å²) in [6.45, 7) is 12.2. The number of anilines is 1. The number of amides is 2. The van der Waals surface area contributed by atoms with Crippen LogP contribution in [-0.4, -0.2) is 71.2 Å². The van der Waals surface area contributed by atoms with Gasteiger partial charge in [-0.15, -0.1) is 6.58 Å². The molecule has 2 heterocycles. The topological polar surface area (TPSA) is 195 Å². The fraction of sp³-hybridized carbons (Fsp3) is 0.382. The van der Waals surface area contributed by atoms with Crippen molar-refractivity contribution in [2.24, 2.45) is 0 Å². The number of aryl methyl sites for hydroxylation is 1. The number of hydrogen-bond acceptors (Lipinski definition) is 12. The second-order valence-corrected chi connectivity index (χ2v) is 11.9. The molecule has 3 aromatic rings. The Balaban J connectivity index is 1.59. The lowest BCUT2D eigenvalue weighted by Crippen LogP contribution is -2.65. The number of methoxy groups -OCH3 is 1. The van der Waals surface area contributed by atoms with Crippen LogP contribution in [0.3, 0.4) is 0 Å². The van der Waals surface area contributed by atoms with Crippen molar-refractivity contribution in [3.63, 3.8) is 0 Å². The summed E-state index contributed by atoms with van der Waals surface area (Å²) >= 11 is 0. The number of aliphatic hydroxyl groups is 1. The van der Waals surface area contributed by atoms with Crippen LogP contribution in [0.25, 0.3) is 11.0 Å². The van der Waals surface area contributed by atoms with Crippen molar-refractivity contribution < 1.29 is 53.1 Å². The number of phenols is 1. The second-order valence-electron chi connectivity index (χ2n) is 11.9. The number of hydroxylamine groups is 1. The molecule has 1 aliphatic heterocycles. The Bertz CT molecular complexity index is 1780. The molecule has 4 atom stereocenters. The molecule has 1 saturated heterocycles. The number of aromatic hydroxyl groups is 2. The molecule has 4 rings (SSSR count). The molecule has 1 aromatic heterocycles. The average Bonchev–Trinajstić information content (AvgIpc) is 3.02. The molecule has 0 aliphatic carbocycles. The van der Waals surface area contributed by atoms with Gasteiger partial charge in [0.2, 0.25) is 6.29 Å². The molecule has 0 spiro atoms. The summed E-state index contributed by atoms with van der Waals surface area (Å²) in [6.07, 6.45) is -2.40. The maximum Gasteiger partial charge on any atom is 0.431 e. The molecule has 0 saturated carbocycles. The molecule has 14 heteroatoms. The lowest BCUT2D eigenvalue weighted by atomic mass is 9.89. The van der Waals surface area contributed by atoms with E-state index in [0.29, 0.717) is 12.0 Å². The Morgan fingerprint density at radius 2 is 1.88 bits per heavy atom. The van der Waals surface area contributed by atoms with Gasteiger partial charge in [0.15, 0.2) is 23.6 Å². The van der Waals surface area contributed by atoms with Gasteiger partial charge in [-0.3, -0.25) is 9.63 Å². The molecule has 258 valence electrons. The normalized spacial score (nSPS) is 20.1. The Kier molecular flexibility index (Phi) is 11.2. The fourth-order valence-corrected chi connectivity index (χ4v) is 5.24. The minimum Gasteiger partial charge on any atom is -0.508 e. The van der Waals surface area contributed by atoms with E-state index in [-0.39, 0.29) is 40.2 Å². The van der Waals surface area contributed by atoms with Crippen molar-refractivity contribution in [1.29, 1.82) is 0 Å². The van der Waals surface area contributed by atoms with Crippen molar-refractivity contribution in [2.45, 2.75) is 71.2 Å². The zero-order chi connectivity index (χ0) is 35.3. The SMILES string of the molecule is C=CCONC(=O)O[C@H]1[C@@H](O)[C@H](Oc2ccc3c(O)c(NC(=O)c4ccc(O)c(CC=C(C)C)c4)c(=O)oc3c2C)OC(C)(C)[C@@H]1OC. The van der Waals surface area contributed by atoms with Crippen molar-refractivity contribution >= 4 is 28.7 Å². The quantitative estimate of drug-likeness (QED) is 0.0839. The van der Waals surface area contributed by atoms with Crippen molar-refractivity contribution in [3.8, 4) is 17.2 Å². The molecular weight excluding hydrogens is 628 g/mol. The van der Waals surface area contributed by atoms with E-state index >= 15 is 0 Å². The summed E-state index contributed by atoms with van der Waals surface area (Å²) in [5.74, 6) is -1.11. The summed E-state index contributed by atoms with van der Waals surface area (Å²) in [4.78, 5) is 43.4. The van der Waals surface area contributed by atoms with E-state index in [2.05, 4.69) is 17.4 Å². The monoisotopic (exact) mass is 668 g/mol. The van der Waals surface area contributed by atoms with Gasteiger partial charge in [0.05, 0.1) is 17.6 Å². The molecule has 0 unspecified atom stereocenters. The number of nitrogens with one attached hydrogen (secondary N) is 2. The third kappa shape index (κ3) is 7.80. The smallest absolute Gasteiger partial charge is 0.431 e. The van der Waals surface area contributed by atoms with Crippen LogP contribution in [0.4, 0.5) is 10.5 Å². The van der Waals surface area contributed by atoms with E-state index in [4.69, 9.17) is 28.2 Å². The van der Waals surface area contributed by atoms with Crippen molar-refractivity contribution in [2.75, 3.05) is 19.0 Å². The minimum absolute atomic E-state index is 0.0150. The first-order valence-corrected chi connectivity index (χ1v) is 15.0. The number of ether oxygens (including phenoxy) is 4. The first-order chi connectivity index (χ1) is 22.7. The van der Waals surface area contributed by atoms with Gasteiger partial charge in [0.25, 0.3) is 5.91 Å². The predicted molar refractivity (Wildman–Crippen MR) is 174 cm³/mol. The number of hydrogen-bond donors (Lipinski definition) is 5. The van der Waals surface area contributed by atoms with Crippen LogP contribution in [0.5, 0.6) is 17.2 Å². The van der Waals surface area contributed by atoms with Gasteiger partial charge >= 0.3 is 11.7 Å². The van der Waals surface area contributed by atoms with Gasteiger partial charge in [-0.1, -0.05) is 17.7 Å². The van der Waals surface area contributed by atoms with Crippen LogP contribution in [0.15, 0.2) is 63.8 Å². The summed E-state index contributed by atoms with van der Waals surface area (Å²) < 4.78 is 28.4. The van der Waals surface area contributed by atoms with Crippen molar-refractivity contribution in [1.82, 2.24) is 5.48 Å². The summed E-state index contributed by atoms with van der Waals surface area (Å²) in [7, 11) is 1.37. The highest BCUT2D eigenvalue weighted by Gasteiger charge is 2.53. The number of phenolic OH excluding ortho intramolecular Hbond substituents is 1. The summed E-state index contributed by atoms with van der Waals surface area (Å²) in [5, 5.41) is 34.9. The van der Waals surface area contributed by atoms with E-state index in [0.717, 1.165) is 5.57 Å². The van der Waals surface area contributed by atoms with Crippen LogP contribution >= 0.6 is 0 Å². The van der Waals surface area contributed by atoms with E-state index < -0.39 is 59.3 Å². The number of carbonyl (C=O) groups is 2. The van der Waals surface area contributed by atoms with Crippen molar-refractivity contribution in [3.05, 3.63) is 81.7 Å². The predicted octanol–water partition coefficient (Wildman–Crippen LogP) is 4.38. The third-order valence-electron chi connectivity index (χ3n) is 7.67. The van der Waals surface area contributed by atoms with Crippen LogP contribution in [0.2, 0.25) is 0 Å². The van der Waals surface area contributed by atoms with Gasteiger partial charge < -0.3 is 44.0 Å². The maximum atomic E-state index is 13.1. The van der Waals surface area contributed by atoms with E-state index in [1.165, 1.54) is 43.5 Å². The molecule has 2 aromatic carbocycles. The molecule has 1 aliphatic rings. The number of carbonyl (C=O) groups excluding carboxylic acids is 2. The Morgan fingerprint density at radius 3 is 2.54 bits per heavy atom. The molecular formula is C34H40N2O12. The molecule has 0 bridgehead atoms. The zero-order valence-corrected chi connectivity index (χ0v) is 27.5. The Morgan fingerprint density at radius 1 is 1.15 bits per heavy atom. The largest absolute Gasteiger partial charge is 0.508 e. The third-order valence-corrected chi connectivity index (χ3v) is 7.67. The molecule has 14 nitrogen and oxygen atoms in total. The first-order valence-electron chi connectivity index (χ1n) is 15.0. The van der Waals surface area contributed by atoms with E-state index in [9.17, 15) is 29.7 Å². The summed E-state index contributed by atoms with van der Waals surface area (Å²) in [6, 6.07) is 7.12. The van der Waals surface area contributed by atoms with E-state index in [1.54, 1.807) is 20.8 Å². The van der Waals surface area contributed by atoms with Crippen LogP contribution in [0.1, 0.15) is 49.2 Å². The van der Waals surface area contributed by atoms with E-state index in [1.807, 2.05) is 19.9 Å². The van der Waals surface area contributed by atoms with Crippen LogP contribution < -0.4 is 21.2 Å². The van der Waals surface area contributed by atoms with Gasteiger partial charge in [-0.2, -0.15) is 5.48 Å².